The SMILES string of the molecule is CC(C)NC(=O)CCNc1cc(C(F)(F)F)ncc1N. The van der Waals surface area contributed by atoms with Crippen molar-refractivity contribution < 1.29 is 18.0 Å². The van der Waals surface area contributed by atoms with Crippen LogP contribution in [0.25, 0.3) is 0 Å². The minimum absolute atomic E-state index is 0.0188. The quantitative estimate of drug-likeness (QED) is 0.775. The molecular weight excluding hydrogens is 273 g/mol. The van der Waals surface area contributed by atoms with E-state index in [4.69, 9.17) is 5.73 Å². The predicted octanol–water partition coefficient (Wildman–Crippen LogP) is 2.01. The number of nitrogens with zero attached hydrogens (tertiary/aromatic N) is 1. The first-order chi connectivity index (χ1) is 9.20. The number of alkyl halides is 3. The highest BCUT2D eigenvalue weighted by Crippen LogP contribution is 2.30. The van der Waals surface area contributed by atoms with Crippen molar-refractivity contribution >= 4 is 17.3 Å². The highest BCUT2D eigenvalue weighted by Gasteiger charge is 2.32. The molecule has 0 bridgehead atoms. The van der Waals surface area contributed by atoms with Crippen LogP contribution in [0.15, 0.2) is 12.3 Å². The zero-order chi connectivity index (χ0) is 15.3. The first kappa shape index (κ1) is 16.1. The van der Waals surface area contributed by atoms with E-state index < -0.39 is 11.9 Å². The predicted molar refractivity (Wildman–Crippen MR) is 70.0 cm³/mol. The Hall–Kier alpha value is -1.99. The molecule has 1 rings (SSSR count). The summed E-state index contributed by atoms with van der Waals surface area (Å²) in [6.45, 7) is 3.83. The first-order valence-electron chi connectivity index (χ1n) is 6.06. The second kappa shape index (κ2) is 6.44. The minimum Gasteiger partial charge on any atom is -0.396 e. The molecule has 0 aliphatic heterocycles. The zero-order valence-corrected chi connectivity index (χ0v) is 11.2. The molecule has 4 N–H and O–H groups in total. The lowest BCUT2D eigenvalue weighted by Gasteiger charge is -2.13. The molecule has 0 spiro atoms. The number of nitrogen functional groups attached to an aromatic ring is 1. The summed E-state index contributed by atoms with van der Waals surface area (Å²) in [5, 5.41) is 5.38. The molecular formula is C12H17F3N4O. The van der Waals surface area contributed by atoms with E-state index in [2.05, 4.69) is 15.6 Å². The maximum absolute atomic E-state index is 12.5. The normalized spacial score (nSPS) is 11.5. The lowest BCUT2D eigenvalue weighted by Crippen LogP contribution is -2.31. The smallest absolute Gasteiger partial charge is 0.396 e. The molecule has 0 fully saturated rings. The van der Waals surface area contributed by atoms with Gasteiger partial charge in [0.15, 0.2) is 0 Å². The summed E-state index contributed by atoms with van der Waals surface area (Å²) in [6, 6.07) is 0.848. The molecule has 0 radical (unpaired) electrons. The van der Waals surface area contributed by atoms with Crippen LogP contribution in [0.1, 0.15) is 26.0 Å². The van der Waals surface area contributed by atoms with Crippen molar-refractivity contribution in [1.82, 2.24) is 10.3 Å². The number of hydrogen-bond donors (Lipinski definition) is 3. The number of halogens is 3. The third-order valence-electron chi connectivity index (χ3n) is 2.34. The van der Waals surface area contributed by atoms with Crippen molar-refractivity contribution in [3.05, 3.63) is 18.0 Å². The largest absolute Gasteiger partial charge is 0.433 e. The molecule has 0 unspecified atom stereocenters. The van der Waals surface area contributed by atoms with Crippen LogP contribution in [-0.2, 0) is 11.0 Å². The number of pyridine rings is 1. The average Bonchev–Trinajstić information content (AvgIpc) is 2.29. The Labute approximate surface area is 114 Å². The highest BCUT2D eigenvalue weighted by atomic mass is 19.4. The number of nitrogens with one attached hydrogen (secondary N) is 2. The van der Waals surface area contributed by atoms with Crippen molar-refractivity contribution in [3.63, 3.8) is 0 Å². The number of rotatable bonds is 5. The molecule has 0 aromatic carbocycles. The monoisotopic (exact) mass is 290 g/mol. The fourth-order valence-electron chi connectivity index (χ4n) is 1.48. The molecule has 0 atom stereocenters. The number of aromatic nitrogens is 1. The van der Waals surface area contributed by atoms with E-state index >= 15 is 0 Å². The molecule has 1 amide bonds. The Morgan fingerprint density at radius 1 is 1.45 bits per heavy atom. The Morgan fingerprint density at radius 2 is 2.10 bits per heavy atom. The lowest BCUT2D eigenvalue weighted by molar-refractivity contribution is -0.141. The summed E-state index contributed by atoms with van der Waals surface area (Å²) in [5.41, 5.74) is 4.73. The van der Waals surface area contributed by atoms with Gasteiger partial charge in [0.2, 0.25) is 5.91 Å². The summed E-state index contributed by atoms with van der Waals surface area (Å²) in [7, 11) is 0. The number of carbonyl (C=O) groups excluding carboxylic acids is 1. The van der Waals surface area contributed by atoms with Gasteiger partial charge < -0.3 is 16.4 Å². The maximum atomic E-state index is 12.5. The Balaban J connectivity index is 2.62. The molecule has 1 aromatic rings. The Morgan fingerprint density at radius 3 is 2.65 bits per heavy atom. The van der Waals surface area contributed by atoms with Gasteiger partial charge in [0.05, 0.1) is 17.6 Å². The van der Waals surface area contributed by atoms with Gasteiger partial charge in [-0.05, 0) is 19.9 Å². The number of amides is 1. The summed E-state index contributed by atoms with van der Waals surface area (Å²) >= 11 is 0. The van der Waals surface area contributed by atoms with Crippen LogP contribution in [-0.4, -0.2) is 23.5 Å². The summed E-state index contributed by atoms with van der Waals surface area (Å²) in [5.74, 6) is -0.184. The molecule has 8 heteroatoms. The van der Waals surface area contributed by atoms with Crippen LogP contribution in [0, 0.1) is 0 Å². The fourth-order valence-corrected chi connectivity index (χ4v) is 1.48. The molecule has 5 nitrogen and oxygen atoms in total. The van der Waals surface area contributed by atoms with Crippen LogP contribution in [0.2, 0.25) is 0 Å². The third kappa shape index (κ3) is 4.94. The number of nitrogens with two attached hydrogens (primary N) is 1. The topological polar surface area (TPSA) is 80.0 Å². The van der Waals surface area contributed by atoms with Gasteiger partial charge >= 0.3 is 6.18 Å². The number of hydrogen-bond acceptors (Lipinski definition) is 4. The van der Waals surface area contributed by atoms with Crippen molar-refractivity contribution in [1.29, 1.82) is 0 Å². The Bertz CT molecular complexity index is 474. The standard InChI is InChI=1S/C12H17F3N4O/c1-7(2)19-11(20)3-4-17-9-5-10(12(13,14)15)18-6-8(9)16/h5-7H,3-4,16H2,1-2H3,(H,17,18)(H,19,20). The van der Waals surface area contributed by atoms with E-state index in [1.165, 1.54) is 0 Å². The van der Waals surface area contributed by atoms with Crippen molar-refractivity contribution in [3.8, 4) is 0 Å². The van der Waals surface area contributed by atoms with Crippen LogP contribution in [0.3, 0.4) is 0 Å². The van der Waals surface area contributed by atoms with Gasteiger partial charge in [-0.2, -0.15) is 13.2 Å². The Kier molecular flexibility index (Phi) is 5.18. The van der Waals surface area contributed by atoms with Crippen LogP contribution in [0.4, 0.5) is 24.5 Å². The number of carbonyl (C=O) groups is 1. The van der Waals surface area contributed by atoms with Crippen LogP contribution < -0.4 is 16.4 Å². The second-order valence-corrected chi connectivity index (χ2v) is 4.55. The summed E-state index contributed by atoms with van der Waals surface area (Å²) < 4.78 is 37.5. The molecule has 0 saturated heterocycles. The third-order valence-corrected chi connectivity index (χ3v) is 2.34. The number of anilines is 2. The average molecular weight is 290 g/mol. The van der Waals surface area contributed by atoms with Gasteiger partial charge in [-0.1, -0.05) is 0 Å². The molecule has 1 heterocycles. The second-order valence-electron chi connectivity index (χ2n) is 4.55. The summed E-state index contributed by atoms with van der Waals surface area (Å²) in [4.78, 5) is 14.6. The van der Waals surface area contributed by atoms with Crippen molar-refractivity contribution in [2.75, 3.05) is 17.6 Å². The molecule has 0 aliphatic carbocycles. The minimum atomic E-state index is -4.53. The fraction of sp³-hybridized carbons (Fsp3) is 0.500. The lowest BCUT2D eigenvalue weighted by atomic mass is 10.2. The van der Waals surface area contributed by atoms with Gasteiger partial charge in [0, 0.05) is 19.0 Å². The molecule has 0 aliphatic rings. The van der Waals surface area contributed by atoms with Gasteiger partial charge in [0.1, 0.15) is 5.69 Å². The van der Waals surface area contributed by atoms with E-state index in [-0.39, 0.29) is 36.3 Å². The zero-order valence-electron chi connectivity index (χ0n) is 11.2. The van der Waals surface area contributed by atoms with E-state index in [1.54, 1.807) is 0 Å². The molecule has 1 aromatic heterocycles. The van der Waals surface area contributed by atoms with E-state index in [1.807, 2.05) is 13.8 Å². The van der Waals surface area contributed by atoms with Crippen LogP contribution in [0.5, 0.6) is 0 Å². The first-order valence-corrected chi connectivity index (χ1v) is 6.06. The van der Waals surface area contributed by atoms with Gasteiger partial charge in [-0.15, -0.1) is 0 Å². The van der Waals surface area contributed by atoms with Gasteiger partial charge in [0.25, 0.3) is 0 Å². The maximum Gasteiger partial charge on any atom is 0.433 e. The van der Waals surface area contributed by atoms with E-state index in [0.717, 1.165) is 12.3 Å². The van der Waals surface area contributed by atoms with Gasteiger partial charge in [-0.25, -0.2) is 4.98 Å². The van der Waals surface area contributed by atoms with Crippen molar-refractivity contribution in [2.24, 2.45) is 0 Å². The molecule has 20 heavy (non-hydrogen) atoms. The molecule has 0 saturated carbocycles. The highest BCUT2D eigenvalue weighted by molar-refractivity contribution is 5.77. The van der Waals surface area contributed by atoms with E-state index in [0.29, 0.717) is 0 Å². The summed E-state index contributed by atoms with van der Waals surface area (Å²) in [6.07, 6.45) is -3.44. The van der Waals surface area contributed by atoms with E-state index in [9.17, 15) is 18.0 Å². The van der Waals surface area contributed by atoms with Crippen molar-refractivity contribution in [2.45, 2.75) is 32.5 Å². The van der Waals surface area contributed by atoms with Gasteiger partial charge in [-0.3, -0.25) is 4.79 Å². The molecule has 112 valence electrons. The van der Waals surface area contributed by atoms with Crippen LogP contribution >= 0.6 is 0 Å².